The highest BCUT2D eigenvalue weighted by Crippen LogP contribution is 2.20. The Morgan fingerprint density at radius 3 is 2.80 bits per heavy atom. The summed E-state index contributed by atoms with van der Waals surface area (Å²) in [5.41, 5.74) is 1.41. The Bertz CT molecular complexity index is 532. The molecule has 2 aromatic rings. The van der Waals surface area contributed by atoms with Crippen LogP contribution >= 0.6 is 22.9 Å². The van der Waals surface area contributed by atoms with Gasteiger partial charge < -0.3 is 5.11 Å². The molecule has 0 saturated carbocycles. The molecule has 5 heteroatoms. The SMILES string of the molecule is N=c1scc(CO)n1-c1ccccc1Cl. The van der Waals surface area contributed by atoms with E-state index in [1.54, 1.807) is 16.0 Å². The molecule has 1 aromatic heterocycles. The van der Waals surface area contributed by atoms with E-state index in [1.807, 2.05) is 18.2 Å². The predicted molar refractivity (Wildman–Crippen MR) is 60.4 cm³/mol. The average molecular weight is 241 g/mol. The van der Waals surface area contributed by atoms with Crippen LogP contribution in [0, 0.1) is 5.41 Å². The van der Waals surface area contributed by atoms with Crippen molar-refractivity contribution in [2.45, 2.75) is 6.61 Å². The van der Waals surface area contributed by atoms with Crippen LogP contribution in [0.1, 0.15) is 5.69 Å². The number of aliphatic hydroxyl groups is 1. The summed E-state index contributed by atoms with van der Waals surface area (Å²) in [5, 5.41) is 19.2. The quantitative estimate of drug-likeness (QED) is 0.831. The van der Waals surface area contributed by atoms with Crippen molar-refractivity contribution in [2.24, 2.45) is 0 Å². The Morgan fingerprint density at radius 1 is 1.40 bits per heavy atom. The molecule has 0 bridgehead atoms. The molecule has 2 rings (SSSR count). The van der Waals surface area contributed by atoms with Crippen LogP contribution in [0.25, 0.3) is 5.69 Å². The highest BCUT2D eigenvalue weighted by atomic mass is 35.5. The zero-order valence-electron chi connectivity index (χ0n) is 7.77. The van der Waals surface area contributed by atoms with E-state index in [9.17, 15) is 0 Å². The fourth-order valence-corrected chi connectivity index (χ4v) is 2.33. The maximum Gasteiger partial charge on any atom is 0.186 e. The standard InChI is InChI=1S/C10H9ClN2OS/c11-8-3-1-2-4-9(8)13-7(5-14)6-15-10(13)12/h1-4,6,12,14H,5H2. The third-order valence-electron chi connectivity index (χ3n) is 2.05. The van der Waals surface area contributed by atoms with Crippen molar-refractivity contribution in [1.29, 1.82) is 5.41 Å². The second-order valence-electron chi connectivity index (χ2n) is 2.98. The van der Waals surface area contributed by atoms with E-state index in [4.69, 9.17) is 22.1 Å². The lowest BCUT2D eigenvalue weighted by Gasteiger charge is -2.08. The van der Waals surface area contributed by atoms with Gasteiger partial charge in [0.15, 0.2) is 4.80 Å². The molecule has 1 aromatic carbocycles. The second-order valence-corrected chi connectivity index (χ2v) is 4.24. The first kappa shape index (κ1) is 10.4. The Labute approximate surface area is 95.7 Å². The molecule has 2 N–H and O–H groups in total. The van der Waals surface area contributed by atoms with Crippen LogP contribution in [-0.2, 0) is 6.61 Å². The molecule has 0 unspecified atom stereocenters. The molecule has 0 amide bonds. The first-order valence-corrected chi connectivity index (χ1v) is 5.59. The topological polar surface area (TPSA) is 49.0 Å². The van der Waals surface area contributed by atoms with Gasteiger partial charge in [0, 0.05) is 5.38 Å². The normalized spacial score (nSPS) is 10.5. The van der Waals surface area contributed by atoms with Crippen molar-refractivity contribution >= 4 is 22.9 Å². The fraction of sp³-hybridized carbons (Fsp3) is 0.100. The van der Waals surface area contributed by atoms with Crippen molar-refractivity contribution in [3.63, 3.8) is 0 Å². The van der Waals surface area contributed by atoms with E-state index in [0.29, 0.717) is 15.5 Å². The number of aliphatic hydroxyl groups excluding tert-OH is 1. The summed E-state index contributed by atoms with van der Waals surface area (Å²) >= 11 is 7.31. The number of thiazole rings is 1. The van der Waals surface area contributed by atoms with Crippen LogP contribution in [-0.4, -0.2) is 9.67 Å². The van der Waals surface area contributed by atoms with Gasteiger partial charge in [0.25, 0.3) is 0 Å². The van der Waals surface area contributed by atoms with Gasteiger partial charge in [0.2, 0.25) is 0 Å². The van der Waals surface area contributed by atoms with Gasteiger partial charge >= 0.3 is 0 Å². The van der Waals surface area contributed by atoms with Gasteiger partial charge in [0.1, 0.15) is 0 Å². The number of hydrogen-bond acceptors (Lipinski definition) is 3. The summed E-state index contributed by atoms with van der Waals surface area (Å²) in [6.45, 7) is -0.0966. The average Bonchev–Trinajstić information content (AvgIpc) is 2.60. The van der Waals surface area contributed by atoms with Crippen LogP contribution in [0.4, 0.5) is 0 Å². The van der Waals surface area contributed by atoms with E-state index < -0.39 is 0 Å². The van der Waals surface area contributed by atoms with Crippen molar-refractivity contribution in [3.8, 4) is 5.69 Å². The summed E-state index contributed by atoms with van der Waals surface area (Å²) in [5.74, 6) is 0. The minimum Gasteiger partial charge on any atom is -0.390 e. The number of nitrogens with zero attached hydrogens (tertiary/aromatic N) is 1. The second kappa shape index (κ2) is 4.18. The van der Waals surface area contributed by atoms with Crippen LogP contribution < -0.4 is 4.80 Å². The molecular formula is C10H9ClN2OS. The summed E-state index contributed by atoms with van der Waals surface area (Å²) in [4.78, 5) is 0.354. The zero-order valence-corrected chi connectivity index (χ0v) is 9.35. The van der Waals surface area contributed by atoms with E-state index in [-0.39, 0.29) is 6.61 Å². The van der Waals surface area contributed by atoms with E-state index in [0.717, 1.165) is 5.69 Å². The lowest BCUT2D eigenvalue weighted by atomic mass is 10.3. The minimum atomic E-state index is -0.0966. The summed E-state index contributed by atoms with van der Waals surface area (Å²) in [7, 11) is 0. The van der Waals surface area contributed by atoms with Crippen LogP contribution in [0.2, 0.25) is 5.02 Å². The van der Waals surface area contributed by atoms with Gasteiger partial charge in [-0.1, -0.05) is 23.7 Å². The summed E-state index contributed by atoms with van der Waals surface area (Å²) in [6.07, 6.45) is 0. The molecule has 0 aliphatic rings. The van der Waals surface area contributed by atoms with Gasteiger partial charge in [-0.15, -0.1) is 11.3 Å². The van der Waals surface area contributed by atoms with Gasteiger partial charge in [-0.3, -0.25) is 9.98 Å². The maximum atomic E-state index is 9.14. The lowest BCUT2D eigenvalue weighted by molar-refractivity contribution is 0.274. The first-order valence-electron chi connectivity index (χ1n) is 4.34. The number of aromatic nitrogens is 1. The molecule has 0 saturated heterocycles. The number of rotatable bonds is 2. The third kappa shape index (κ3) is 1.84. The molecule has 0 spiro atoms. The van der Waals surface area contributed by atoms with Crippen molar-refractivity contribution in [2.75, 3.05) is 0 Å². The Hall–Kier alpha value is -1.10. The Morgan fingerprint density at radius 2 is 2.13 bits per heavy atom. The largest absolute Gasteiger partial charge is 0.390 e. The number of benzene rings is 1. The first-order chi connectivity index (χ1) is 7.24. The molecule has 78 valence electrons. The van der Waals surface area contributed by atoms with Crippen LogP contribution in [0.5, 0.6) is 0 Å². The molecule has 1 heterocycles. The highest BCUT2D eigenvalue weighted by Gasteiger charge is 2.08. The summed E-state index contributed by atoms with van der Waals surface area (Å²) < 4.78 is 1.65. The van der Waals surface area contributed by atoms with E-state index in [1.165, 1.54) is 11.3 Å². The molecule has 0 atom stereocenters. The van der Waals surface area contributed by atoms with Gasteiger partial charge in [-0.05, 0) is 12.1 Å². The van der Waals surface area contributed by atoms with E-state index >= 15 is 0 Å². The molecule has 0 aliphatic heterocycles. The molecule has 15 heavy (non-hydrogen) atoms. The highest BCUT2D eigenvalue weighted by molar-refractivity contribution is 7.07. The smallest absolute Gasteiger partial charge is 0.186 e. The minimum absolute atomic E-state index is 0.0966. The predicted octanol–water partition coefficient (Wildman–Crippen LogP) is 2.16. The summed E-state index contributed by atoms with van der Waals surface area (Å²) in [6, 6.07) is 7.28. The Kier molecular flexibility index (Phi) is 2.90. The maximum absolute atomic E-state index is 9.14. The lowest BCUT2D eigenvalue weighted by Crippen LogP contribution is -2.14. The van der Waals surface area contributed by atoms with Crippen LogP contribution in [0.3, 0.4) is 0 Å². The fourth-order valence-electron chi connectivity index (χ4n) is 1.36. The van der Waals surface area contributed by atoms with Crippen LogP contribution in [0.15, 0.2) is 29.6 Å². The molecule has 0 radical (unpaired) electrons. The molecule has 3 nitrogen and oxygen atoms in total. The molecule has 0 fully saturated rings. The van der Waals surface area contributed by atoms with Gasteiger partial charge in [-0.2, -0.15) is 0 Å². The number of hydrogen-bond donors (Lipinski definition) is 2. The molecule has 0 aliphatic carbocycles. The van der Waals surface area contributed by atoms with E-state index in [2.05, 4.69) is 0 Å². The Balaban J connectivity index is 2.68. The zero-order chi connectivity index (χ0) is 10.8. The monoisotopic (exact) mass is 240 g/mol. The number of halogens is 1. The third-order valence-corrected chi connectivity index (χ3v) is 3.17. The number of para-hydroxylation sites is 1. The van der Waals surface area contributed by atoms with Crippen molar-refractivity contribution in [1.82, 2.24) is 4.57 Å². The van der Waals surface area contributed by atoms with Crippen molar-refractivity contribution < 1.29 is 5.11 Å². The van der Waals surface area contributed by atoms with Crippen molar-refractivity contribution in [3.05, 3.63) is 45.2 Å². The van der Waals surface area contributed by atoms with Gasteiger partial charge in [0.05, 0.1) is 23.0 Å². The number of nitrogens with one attached hydrogen (secondary N) is 1. The molecular weight excluding hydrogens is 232 g/mol. The van der Waals surface area contributed by atoms with Gasteiger partial charge in [-0.25, -0.2) is 0 Å².